The van der Waals surface area contributed by atoms with Gasteiger partial charge in [0.1, 0.15) is 16.5 Å². The Labute approximate surface area is 163 Å². The van der Waals surface area contributed by atoms with Gasteiger partial charge < -0.3 is 9.64 Å². The number of rotatable bonds is 7. The Bertz CT molecular complexity index is 837. The molecule has 1 aliphatic heterocycles. The lowest BCUT2D eigenvalue weighted by Gasteiger charge is -2.29. The second kappa shape index (κ2) is 9.01. The van der Waals surface area contributed by atoms with Crippen LogP contribution in [0.1, 0.15) is 0 Å². The average molecular weight is 413 g/mol. The van der Waals surface area contributed by atoms with E-state index in [1.807, 2.05) is 0 Å². The van der Waals surface area contributed by atoms with Crippen LogP contribution in [0, 0.1) is 5.82 Å². The van der Waals surface area contributed by atoms with Crippen molar-refractivity contribution in [3.8, 4) is 5.75 Å². The van der Waals surface area contributed by atoms with E-state index in [9.17, 15) is 12.8 Å². The molecule has 1 aliphatic rings. The average Bonchev–Trinajstić information content (AvgIpc) is 2.67. The second-order valence-electron chi connectivity index (χ2n) is 6.34. The number of halogens is 1. The predicted octanol–water partition coefficient (Wildman–Crippen LogP) is 0.911. The molecule has 1 fully saturated rings. The lowest BCUT2D eigenvalue weighted by Crippen LogP contribution is -3.12. The fourth-order valence-corrected chi connectivity index (χ4v) is 4.75. The Balaban J connectivity index is 1.50. The molecule has 2 aromatic rings. The van der Waals surface area contributed by atoms with Crippen molar-refractivity contribution in [2.75, 3.05) is 45.6 Å². The molecular formula is C18H23FN3O3S2+. The summed E-state index contributed by atoms with van der Waals surface area (Å²) in [7, 11) is -1.41. The maximum Gasteiger partial charge on any atom is 0.245 e. The van der Waals surface area contributed by atoms with Crippen molar-refractivity contribution >= 4 is 21.8 Å². The van der Waals surface area contributed by atoms with Crippen molar-refractivity contribution < 1.29 is 22.4 Å². The van der Waals surface area contributed by atoms with E-state index in [4.69, 9.17) is 4.74 Å². The van der Waals surface area contributed by atoms with E-state index in [2.05, 4.69) is 12.0 Å². The first-order valence-electron chi connectivity index (χ1n) is 8.74. The van der Waals surface area contributed by atoms with Gasteiger partial charge in [0.2, 0.25) is 10.0 Å². The molecule has 1 saturated heterocycles. The van der Waals surface area contributed by atoms with E-state index >= 15 is 0 Å². The largest absolute Gasteiger partial charge is 0.493 e. The Kier molecular flexibility index (Phi) is 6.69. The van der Waals surface area contributed by atoms with Gasteiger partial charge in [0.05, 0.1) is 44.9 Å². The highest BCUT2D eigenvalue weighted by atomic mass is 32.2. The number of hydrogen-bond donors (Lipinski definition) is 1. The molecule has 0 aliphatic carbocycles. The highest BCUT2D eigenvalue weighted by Crippen LogP contribution is 2.20. The number of nitrogens with one attached hydrogen (secondary N) is 1. The normalized spacial score (nSPS) is 16.4. The molecule has 146 valence electrons. The minimum atomic E-state index is -3.47. The Morgan fingerprint density at radius 3 is 2.52 bits per heavy atom. The Morgan fingerprint density at radius 1 is 1.19 bits per heavy atom. The SMILES string of the molecule is C[NH+]1CCN(S(=O)(=O)c2ccc(SCCOc3ccc(F)cc3)nc2)CC1. The zero-order valence-electron chi connectivity index (χ0n) is 15.1. The molecule has 27 heavy (non-hydrogen) atoms. The van der Waals surface area contributed by atoms with E-state index in [0.717, 1.165) is 18.1 Å². The standard InChI is InChI=1S/C18H22FN3O3S2/c1-21-8-10-22(11-9-21)27(23,24)17-6-7-18(20-14-17)26-13-12-25-16-4-2-15(19)3-5-16/h2-7,14H,8-13H2,1H3/p+1. The van der Waals surface area contributed by atoms with Crippen molar-refractivity contribution in [1.29, 1.82) is 0 Å². The van der Waals surface area contributed by atoms with Crippen LogP contribution < -0.4 is 9.64 Å². The predicted molar refractivity (Wildman–Crippen MR) is 102 cm³/mol. The van der Waals surface area contributed by atoms with Gasteiger partial charge in [-0.05, 0) is 36.4 Å². The van der Waals surface area contributed by atoms with Crippen LogP contribution in [0.15, 0.2) is 52.5 Å². The third kappa shape index (κ3) is 5.41. The molecule has 0 amide bonds. The van der Waals surface area contributed by atoms with Crippen molar-refractivity contribution in [2.24, 2.45) is 0 Å². The number of hydrogen-bond acceptors (Lipinski definition) is 5. The molecule has 1 N–H and O–H groups in total. The molecule has 0 atom stereocenters. The minimum Gasteiger partial charge on any atom is -0.493 e. The number of aromatic nitrogens is 1. The summed E-state index contributed by atoms with van der Waals surface area (Å²) in [6, 6.07) is 9.19. The third-order valence-corrected chi connectivity index (χ3v) is 7.13. The van der Waals surface area contributed by atoms with Crippen molar-refractivity contribution in [1.82, 2.24) is 9.29 Å². The minimum absolute atomic E-state index is 0.231. The monoisotopic (exact) mass is 412 g/mol. The van der Waals surface area contributed by atoms with Crippen LogP contribution in [0.4, 0.5) is 4.39 Å². The second-order valence-corrected chi connectivity index (χ2v) is 9.40. The molecule has 0 unspecified atom stereocenters. The summed E-state index contributed by atoms with van der Waals surface area (Å²) in [4.78, 5) is 5.83. The summed E-state index contributed by atoms with van der Waals surface area (Å²) in [5.74, 6) is 0.965. The maximum absolute atomic E-state index is 12.8. The summed E-state index contributed by atoms with van der Waals surface area (Å²) >= 11 is 1.48. The number of thioether (sulfide) groups is 1. The molecule has 2 heterocycles. The first kappa shape index (κ1) is 20.1. The van der Waals surface area contributed by atoms with Crippen LogP contribution >= 0.6 is 11.8 Å². The molecule has 1 aromatic heterocycles. The molecular weight excluding hydrogens is 389 g/mol. The molecule has 6 nitrogen and oxygen atoms in total. The molecule has 0 bridgehead atoms. The van der Waals surface area contributed by atoms with Crippen molar-refractivity contribution in [3.63, 3.8) is 0 Å². The smallest absolute Gasteiger partial charge is 0.245 e. The first-order valence-corrected chi connectivity index (χ1v) is 11.2. The van der Waals surface area contributed by atoms with Gasteiger partial charge in [0.25, 0.3) is 0 Å². The molecule has 1 aromatic carbocycles. The first-order chi connectivity index (χ1) is 12.9. The van der Waals surface area contributed by atoms with Crippen molar-refractivity contribution in [3.05, 3.63) is 48.4 Å². The summed E-state index contributed by atoms with van der Waals surface area (Å²) in [5, 5.41) is 0.736. The van der Waals surface area contributed by atoms with Gasteiger partial charge >= 0.3 is 0 Å². The number of pyridine rings is 1. The molecule has 3 rings (SSSR count). The van der Waals surface area contributed by atoms with Gasteiger partial charge in [-0.15, -0.1) is 11.8 Å². The molecule has 0 spiro atoms. The van der Waals surface area contributed by atoms with Gasteiger partial charge in [-0.3, -0.25) is 0 Å². The fourth-order valence-electron chi connectivity index (χ4n) is 2.70. The van der Waals surface area contributed by atoms with Gasteiger partial charge in [-0.2, -0.15) is 4.31 Å². The van der Waals surface area contributed by atoms with E-state index in [1.54, 1.807) is 24.3 Å². The number of piperazine rings is 1. The number of ether oxygens (including phenoxy) is 1. The quantitative estimate of drug-likeness (QED) is 0.541. The number of nitrogens with zero attached hydrogens (tertiary/aromatic N) is 2. The van der Waals surface area contributed by atoms with Crippen LogP contribution in [0.25, 0.3) is 0 Å². The highest BCUT2D eigenvalue weighted by Gasteiger charge is 2.29. The van der Waals surface area contributed by atoms with E-state index in [1.165, 1.54) is 39.3 Å². The third-order valence-electron chi connectivity index (χ3n) is 4.34. The number of quaternary nitrogens is 1. The van der Waals surface area contributed by atoms with Crippen molar-refractivity contribution in [2.45, 2.75) is 9.92 Å². The molecule has 0 radical (unpaired) electrons. The van der Waals surface area contributed by atoms with E-state index in [-0.39, 0.29) is 10.7 Å². The highest BCUT2D eigenvalue weighted by molar-refractivity contribution is 7.99. The van der Waals surface area contributed by atoms with Crippen LogP contribution in [-0.2, 0) is 10.0 Å². The number of sulfonamides is 1. The summed E-state index contributed by atoms with van der Waals surface area (Å²) in [5.41, 5.74) is 0. The zero-order valence-corrected chi connectivity index (χ0v) is 16.7. The van der Waals surface area contributed by atoms with Gasteiger partial charge in [0.15, 0.2) is 0 Å². The van der Waals surface area contributed by atoms with Gasteiger partial charge in [0, 0.05) is 11.9 Å². The topological polar surface area (TPSA) is 63.9 Å². The maximum atomic E-state index is 12.8. The van der Waals surface area contributed by atoms with E-state index in [0.29, 0.717) is 31.2 Å². The van der Waals surface area contributed by atoms with Crippen LogP contribution in [0.2, 0.25) is 0 Å². The van der Waals surface area contributed by atoms with E-state index < -0.39 is 10.0 Å². The summed E-state index contributed by atoms with van der Waals surface area (Å²) in [6.07, 6.45) is 1.42. The molecule has 9 heteroatoms. The van der Waals surface area contributed by atoms with Crippen LogP contribution in [-0.4, -0.2) is 63.3 Å². The zero-order chi connectivity index (χ0) is 19.3. The fraction of sp³-hybridized carbons (Fsp3) is 0.389. The summed E-state index contributed by atoms with van der Waals surface area (Å²) < 4.78 is 45.2. The summed E-state index contributed by atoms with van der Waals surface area (Å²) in [6.45, 7) is 3.14. The lowest BCUT2D eigenvalue weighted by molar-refractivity contribution is -0.883. The lowest BCUT2D eigenvalue weighted by atomic mass is 10.3. The van der Waals surface area contributed by atoms with Gasteiger partial charge in [-0.1, -0.05) is 0 Å². The molecule has 0 saturated carbocycles. The Hall–Kier alpha value is -1.68. The number of likely N-dealkylation sites (N-methyl/N-ethyl adjacent to an activating group) is 1. The number of benzene rings is 1. The van der Waals surface area contributed by atoms with Crippen LogP contribution in [0.3, 0.4) is 0 Å². The van der Waals surface area contributed by atoms with Gasteiger partial charge in [-0.25, -0.2) is 17.8 Å². The Morgan fingerprint density at radius 2 is 1.89 bits per heavy atom. The van der Waals surface area contributed by atoms with Crippen LogP contribution in [0.5, 0.6) is 5.75 Å².